The number of hydrogen-bond donors (Lipinski definition) is 0. The number of carbonyl (C=O) groups is 2. The molecule has 0 atom stereocenters. The van der Waals surface area contributed by atoms with Crippen molar-refractivity contribution in [1.82, 2.24) is 4.90 Å². The molecule has 0 N–H and O–H groups in total. The Hall–Kier alpha value is -1.82. The van der Waals surface area contributed by atoms with Crippen molar-refractivity contribution in [3.63, 3.8) is 0 Å². The highest BCUT2D eigenvalue weighted by Crippen LogP contribution is 2.25. The van der Waals surface area contributed by atoms with E-state index in [0.29, 0.717) is 18.7 Å². The first-order valence-corrected chi connectivity index (χ1v) is 9.90. The Labute approximate surface area is 160 Å². The number of allylic oxidation sites excluding steroid dienone is 1. The van der Waals surface area contributed by atoms with Crippen molar-refractivity contribution >= 4 is 23.4 Å². The van der Waals surface area contributed by atoms with Gasteiger partial charge in [0.1, 0.15) is 5.60 Å². The van der Waals surface area contributed by atoms with Crippen molar-refractivity contribution in [2.24, 2.45) is 0 Å². The van der Waals surface area contributed by atoms with Crippen molar-refractivity contribution in [2.75, 3.05) is 20.2 Å². The van der Waals surface area contributed by atoms with Crippen LogP contribution in [0.5, 0.6) is 0 Å². The molecule has 6 heteroatoms. The molecule has 144 valence electrons. The van der Waals surface area contributed by atoms with Gasteiger partial charge in [-0.1, -0.05) is 11.6 Å². The minimum Gasteiger partial charge on any atom is -0.465 e. The minimum absolute atomic E-state index is 0.221. The van der Waals surface area contributed by atoms with E-state index in [2.05, 4.69) is 6.08 Å². The number of likely N-dealkylation sites (tertiary alicyclic amines) is 1. The number of thiophene rings is 1. The highest BCUT2D eigenvalue weighted by atomic mass is 32.1. The van der Waals surface area contributed by atoms with Crippen molar-refractivity contribution < 1.29 is 19.1 Å². The van der Waals surface area contributed by atoms with Gasteiger partial charge in [0.2, 0.25) is 0 Å². The predicted octanol–water partition coefficient (Wildman–Crippen LogP) is 4.73. The molecule has 0 spiro atoms. The number of esters is 1. The Morgan fingerprint density at radius 1 is 1.27 bits per heavy atom. The number of piperidine rings is 1. The normalized spacial score (nSPS) is 15.0. The zero-order valence-electron chi connectivity index (χ0n) is 16.4. The molecule has 0 aliphatic carbocycles. The van der Waals surface area contributed by atoms with Crippen molar-refractivity contribution in [3.8, 4) is 0 Å². The number of carbonyl (C=O) groups excluding carboxylic acids is 2. The van der Waals surface area contributed by atoms with Gasteiger partial charge in [-0.25, -0.2) is 9.59 Å². The van der Waals surface area contributed by atoms with E-state index in [1.165, 1.54) is 17.6 Å². The first-order valence-electron chi connectivity index (χ1n) is 9.02. The molecule has 1 fully saturated rings. The van der Waals surface area contributed by atoms with Gasteiger partial charge in [-0.05, 0) is 58.9 Å². The van der Waals surface area contributed by atoms with Gasteiger partial charge in [0, 0.05) is 23.3 Å². The van der Waals surface area contributed by atoms with Gasteiger partial charge < -0.3 is 14.4 Å². The maximum absolute atomic E-state index is 12.1. The highest BCUT2D eigenvalue weighted by Gasteiger charge is 2.24. The van der Waals surface area contributed by atoms with Crippen LogP contribution in [-0.2, 0) is 15.9 Å². The van der Waals surface area contributed by atoms with Gasteiger partial charge in [-0.2, -0.15) is 0 Å². The zero-order valence-corrected chi connectivity index (χ0v) is 17.2. The van der Waals surface area contributed by atoms with E-state index in [1.807, 2.05) is 33.1 Å². The Kier molecular flexibility index (Phi) is 6.87. The summed E-state index contributed by atoms with van der Waals surface area (Å²) < 4.78 is 10.2. The van der Waals surface area contributed by atoms with Crippen LogP contribution in [0.15, 0.2) is 17.0 Å². The number of nitrogens with zero attached hydrogens (tertiary/aromatic N) is 1. The standard InChI is InChI=1S/C20H29NO4S/c1-14-16(18(22)24-5)13-26-17(14)8-6-7-15-9-11-21(12-10-15)19(23)25-20(2,3)4/h7,13H,6,8-12H2,1-5H3. The van der Waals surface area contributed by atoms with Gasteiger partial charge in [0.25, 0.3) is 0 Å². The van der Waals surface area contributed by atoms with Crippen LogP contribution in [0, 0.1) is 6.92 Å². The summed E-state index contributed by atoms with van der Waals surface area (Å²) >= 11 is 1.62. The van der Waals surface area contributed by atoms with Crippen molar-refractivity contribution in [2.45, 2.75) is 59.0 Å². The van der Waals surface area contributed by atoms with E-state index >= 15 is 0 Å². The Bertz CT molecular complexity index is 674. The molecule has 0 unspecified atom stereocenters. The first-order chi connectivity index (χ1) is 12.2. The Morgan fingerprint density at radius 3 is 2.50 bits per heavy atom. The minimum atomic E-state index is -0.450. The molecule has 1 aliphatic heterocycles. The number of rotatable bonds is 4. The number of aryl methyl sites for hydroxylation is 1. The highest BCUT2D eigenvalue weighted by molar-refractivity contribution is 7.10. The van der Waals surface area contributed by atoms with Gasteiger partial charge in [-0.3, -0.25) is 0 Å². The second-order valence-electron chi connectivity index (χ2n) is 7.56. The topological polar surface area (TPSA) is 55.8 Å². The van der Waals surface area contributed by atoms with Gasteiger partial charge in [0.15, 0.2) is 0 Å². The van der Waals surface area contributed by atoms with Crippen LogP contribution in [0.1, 0.15) is 60.8 Å². The van der Waals surface area contributed by atoms with E-state index in [1.54, 1.807) is 16.2 Å². The largest absolute Gasteiger partial charge is 0.465 e. The lowest BCUT2D eigenvalue weighted by Gasteiger charge is -2.31. The fourth-order valence-corrected chi connectivity index (χ4v) is 3.98. The molecular weight excluding hydrogens is 350 g/mol. The molecule has 1 aromatic heterocycles. The van der Waals surface area contributed by atoms with Crippen LogP contribution >= 0.6 is 11.3 Å². The van der Waals surface area contributed by atoms with E-state index in [-0.39, 0.29) is 12.1 Å². The third kappa shape index (κ3) is 5.59. The average Bonchev–Trinajstić information content (AvgIpc) is 2.94. The Morgan fingerprint density at radius 2 is 1.92 bits per heavy atom. The summed E-state index contributed by atoms with van der Waals surface area (Å²) in [5.41, 5.74) is 2.65. The summed E-state index contributed by atoms with van der Waals surface area (Å²) in [5.74, 6) is -0.266. The van der Waals surface area contributed by atoms with Crippen LogP contribution in [-0.4, -0.2) is 42.8 Å². The molecule has 1 saturated heterocycles. The van der Waals surface area contributed by atoms with Crippen LogP contribution in [0.25, 0.3) is 0 Å². The number of ether oxygens (including phenoxy) is 2. The smallest absolute Gasteiger partial charge is 0.410 e. The molecule has 1 amide bonds. The van der Waals surface area contributed by atoms with Crippen LogP contribution in [0.4, 0.5) is 4.79 Å². The van der Waals surface area contributed by atoms with E-state index in [4.69, 9.17) is 9.47 Å². The molecule has 26 heavy (non-hydrogen) atoms. The summed E-state index contributed by atoms with van der Waals surface area (Å²) in [6.07, 6.45) is 5.73. The second-order valence-corrected chi connectivity index (χ2v) is 8.52. The van der Waals surface area contributed by atoms with Crippen molar-refractivity contribution in [3.05, 3.63) is 33.0 Å². The lowest BCUT2D eigenvalue weighted by atomic mass is 10.0. The molecule has 5 nitrogen and oxygen atoms in total. The van der Waals surface area contributed by atoms with Gasteiger partial charge in [-0.15, -0.1) is 11.3 Å². The van der Waals surface area contributed by atoms with E-state index < -0.39 is 5.60 Å². The number of methoxy groups -OCH3 is 1. The zero-order chi connectivity index (χ0) is 19.3. The van der Waals surface area contributed by atoms with E-state index in [9.17, 15) is 9.59 Å². The summed E-state index contributed by atoms with van der Waals surface area (Å²) in [7, 11) is 1.41. The molecule has 2 rings (SSSR count). The molecule has 0 aromatic carbocycles. The molecule has 0 bridgehead atoms. The quantitative estimate of drug-likeness (QED) is 0.560. The van der Waals surface area contributed by atoms with Gasteiger partial charge in [0.05, 0.1) is 12.7 Å². The third-order valence-corrected chi connectivity index (χ3v) is 5.56. The molecule has 1 aromatic rings. The summed E-state index contributed by atoms with van der Waals surface area (Å²) in [6.45, 7) is 9.07. The summed E-state index contributed by atoms with van der Waals surface area (Å²) in [5, 5.41) is 1.88. The fraction of sp³-hybridized carbons (Fsp3) is 0.600. The van der Waals surface area contributed by atoms with Crippen LogP contribution < -0.4 is 0 Å². The fourth-order valence-electron chi connectivity index (χ4n) is 2.93. The molecule has 2 heterocycles. The number of amides is 1. The molecule has 0 saturated carbocycles. The summed E-state index contributed by atoms with van der Waals surface area (Å²) in [6, 6.07) is 0. The maximum atomic E-state index is 12.1. The SMILES string of the molecule is COC(=O)c1csc(CCC=C2CCN(C(=O)OC(C)(C)C)CC2)c1C. The monoisotopic (exact) mass is 379 g/mol. The van der Waals surface area contributed by atoms with Crippen LogP contribution in [0.3, 0.4) is 0 Å². The molecular formula is C20H29NO4S. The second kappa shape index (κ2) is 8.71. The van der Waals surface area contributed by atoms with Crippen molar-refractivity contribution in [1.29, 1.82) is 0 Å². The lowest BCUT2D eigenvalue weighted by Crippen LogP contribution is -2.40. The number of hydrogen-bond acceptors (Lipinski definition) is 5. The maximum Gasteiger partial charge on any atom is 0.410 e. The van der Waals surface area contributed by atoms with Gasteiger partial charge >= 0.3 is 12.1 Å². The average molecular weight is 380 g/mol. The van der Waals surface area contributed by atoms with Crippen LogP contribution in [0.2, 0.25) is 0 Å². The molecule has 1 aliphatic rings. The lowest BCUT2D eigenvalue weighted by molar-refractivity contribution is 0.0236. The van der Waals surface area contributed by atoms with E-state index in [0.717, 1.165) is 31.2 Å². The third-order valence-electron chi connectivity index (χ3n) is 4.41. The predicted molar refractivity (Wildman–Crippen MR) is 104 cm³/mol. The first kappa shape index (κ1) is 20.5. The Balaban J connectivity index is 1.82. The molecule has 0 radical (unpaired) electrons. The summed E-state index contributed by atoms with van der Waals surface area (Å²) in [4.78, 5) is 26.8.